The van der Waals surface area contributed by atoms with Crippen molar-refractivity contribution in [2.45, 2.75) is 19.5 Å². The Kier molecular flexibility index (Phi) is 5.98. The molecule has 0 amide bonds. The maximum atomic E-state index is 12.3. The van der Waals surface area contributed by atoms with E-state index in [2.05, 4.69) is 15.0 Å². The van der Waals surface area contributed by atoms with Gasteiger partial charge in [0.05, 0.1) is 0 Å². The summed E-state index contributed by atoms with van der Waals surface area (Å²) in [5.74, 6) is -0.244. The third-order valence-corrected chi connectivity index (χ3v) is 4.18. The lowest BCUT2D eigenvalue weighted by Crippen LogP contribution is -2.18. The van der Waals surface area contributed by atoms with Gasteiger partial charge in [0.1, 0.15) is 10.9 Å². The number of ether oxygens (including phenoxy) is 1. The summed E-state index contributed by atoms with van der Waals surface area (Å²) < 4.78 is 41.0. The van der Waals surface area contributed by atoms with Gasteiger partial charge in [0.15, 0.2) is 0 Å². The molecule has 0 unspecified atom stereocenters. The van der Waals surface area contributed by atoms with Crippen LogP contribution in [0.25, 0.3) is 11.1 Å². The quantitative estimate of drug-likeness (QED) is 0.555. The molecule has 0 aliphatic carbocycles. The van der Waals surface area contributed by atoms with Crippen LogP contribution in [0.1, 0.15) is 11.1 Å². The average Bonchev–Trinajstić information content (AvgIpc) is 2.63. The van der Waals surface area contributed by atoms with Crippen LogP contribution in [0, 0.1) is 0 Å². The highest BCUT2D eigenvalue weighted by Gasteiger charge is 2.31. The minimum Gasteiger partial charge on any atom is -0.406 e. The highest BCUT2D eigenvalue weighted by atomic mass is 35.5. The zero-order chi connectivity index (χ0) is 19.3. The summed E-state index contributed by atoms with van der Waals surface area (Å²) in [5.41, 5.74) is 3.46. The molecular weight excluding hydrogens is 377 g/mol. The normalized spacial score (nSPS) is 11.4. The van der Waals surface area contributed by atoms with Gasteiger partial charge in [-0.3, -0.25) is 0 Å². The third kappa shape index (κ3) is 5.45. The largest absolute Gasteiger partial charge is 0.573 e. The first-order valence-corrected chi connectivity index (χ1v) is 8.54. The second kappa shape index (κ2) is 8.41. The summed E-state index contributed by atoms with van der Waals surface area (Å²) in [7, 11) is 0. The topological polar surface area (TPSA) is 34.1 Å². The summed E-state index contributed by atoms with van der Waals surface area (Å²) >= 11 is 6.26. The molecule has 3 aromatic rings. The fourth-order valence-corrected chi connectivity index (χ4v) is 2.93. The van der Waals surface area contributed by atoms with Gasteiger partial charge in [0.2, 0.25) is 0 Å². The molecule has 1 heterocycles. The maximum absolute atomic E-state index is 12.3. The molecule has 3 nitrogen and oxygen atoms in total. The van der Waals surface area contributed by atoms with E-state index in [0.717, 1.165) is 16.7 Å². The van der Waals surface area contributed by atoms with Gasteiger partial charge in [0.25, 0.3) is 0 Å². The lowest BCUT2D eigenvalue weighted by atomic mass is 10.0. The fraction of sp³-hybridized carbons (Fsp3) is 0.150. The zero-order valence-corrected chi connectivity index (χ0v) is 14.9. The Morgan fingerprint density at radius 2 is 1.74 bits per heavy atom. The van der Waals surface area contributed by atoms with Crippen molar-refractivity contribution in [2.24, 2.45) is 0 Å². The van der Waals surface area contributed by atoms with Crippen molar-refractivity contribution in [3.05, 3.63) is 83.1 Å². The van der Waals surface area contributed by atoms with E-state index in [0.29, 0.717) is 23.8 Å². The van der Waals surface area contributed by atoms with Crippen molar-refractivity contribution in [1.82, 2.24) is 10.3 Å². The smallest absolute Gasteiger partial charge is 0.406 e. The summed E-state index contributed by atoms with van der Waals surface area (Å²) in [4.78, 5) is 4.13. The molecule has 0 bridgehead atoms. The fourth-order valence-electron chi connectivity index (χ4n) is 2.71. The number of benzene rings is 2. The number of alkyl halides is 3. The van der Waals surface area contributed by atoms with Gasteiger partial charge >= 0.3 is 6.36 Å². The number of pyridine rings is 1. The minimum atomic E-state index is -4.71. The van der Waals surface area contributed by atoms with Crippen LogP contribution in [0.4, 0.5) is 13.2 Å². The van der Waals surface area contributed by atoms with Crippen LogP contribution >= 0.6 is 11.6 Å². The third-order valence-electron chi connectivity index (χ3n) is 3.85. The molecule has 0 radical (unpaired) electrons. The number of nitrogens with one attached hydrogen (secondary N) is 1. The summed E-state index contributed by atoms with van der Waals surface area (Å²) in [5, 5.41) is 3.58. The Bertz CT molecular complexity index is 901. The molecule has 1 N–H and O–H groups in total. The van der Waals surface area contributed by atoms with Gasteiger partial charge in [-0.05, 0) is 34.9 Å². The van der Waals surface area contributed by atoms with E-state index < -0.39 is 6.36 Å². The van der Waals surface area contributed by atoms with E-state index in [4.69, 9.17) is 11.6 Å². The molecule has 0 aliphatic rings. The van der Waals surface area contributed by atoms with E-state index in [9.17, 15) is 13.2 Å². The predicted octanol–water partition coefficient (Wildman–Crippen LogP) is 5.59. The molecule has 2 aromatic carbocycles. The van der Waals surface area contributed by atoms with Gasteiger partial charge in [-0.1, -0.05) is 54.1 Å². The van der Waals surface area contributed by atoms with Gasteiger partial charge in [0, 0.05) is 24.8 Å². The van der Waals surface area contributed by atoms with Gasteiger partial charge in [-0.15, -0.1) is 13.2 Å². The highest BCUT2D eigenvalue weighted by Crippen LogP contribution is 2.28. The van der Waals surface area contributed by atoms with Crippen molar-refractivity contribution >= 4 is 11.6 Å². The zero-order valence-electron chi connectivity index (χ0n) is 14.1. The summed E-state index contributed by atoms with van der Waals surface area (Å²) in [6, 6.07) is 17.5. The number of rotatable bonds is 6. The standard InChI is InChI=1S/C20H16ClF3N2O/c21-19-18(17(9-10-26-19)15-6-2-1-3-7-15)13-25-12-14-5-4-8-16(11-14)27-20(22,23)24/h1-11,25H,12-13H2. The Balaban J connectivity index is 1.71. The van der Waals surface area contributed by atoms with Gasteiger partial charge in [-0.2, -0.15) is 0 Å². The molecule has 0 saturated heterocycles. The molecule has 140 valence electrons. The van der Waals surface area contributed by atoms with Gasteiger partial charge < -0.3 is 10.1 Å². The number of aromatic nitrogens is 1. The first-order valence-electron chi connectivity index (χ1n) is 8.16. The molecule has 7 heteroatoms. The van der Waals surface area contributed by atoms with Crippen LogP contribution in [-0.2, 0) is 13.1 Å². The highest BCUT2D eigenvalue weighted by molar-refractivity contribution is 6.30. The Morgan fingerprint density at radius 1 is 0.963 bits per heavy atom. The first-order chi connectivity index (χ1) is 12.9. The van der Waals surface area contributed by atoms with Crippen LogP contribution in [-0.4, -0.2) is 11.3 Å². The predicted molar refractivity (Wildman–Crippen MR) is 98.4 cm³/mol. The first kappa shape index (κ1) is 19.2. The van der Waals surface area contributed by atoms with Crippen molar-refractivity contribution in [2.75, 3.05) is 0 Å². The number of hydrogen-bond donors (Lipinski definition) is 1. The monoisotopic (exact) mass is 392 g/mol. The minimum absolute atomic E-state index is 0.244. The lowest BCUT2D eigenvalue weighted by molar-refractivity contribution is -0.274. The lowest BCUT2D eigenvalue weighted by Gasteiger charge is -2.13. The van der Waals surface area contributed by atoms with Crippen molar-refractivity contribution in [3.63, 3.8) is 0 Å². The number of nitrogens with zero attached hydrogens (tertiary/aromatic N) is 1. The molecule has 0 aliphatic heterocycles. The van der Waals surface area contributed by atoms with Gasteiger partial charge in [-0.25, -0.2) is 4.98 Å². The molecule has 0 saturated carbocycles. The van der Waals surface area contributed by atoms with E-state index in [1.807, 2.05) is 36.4 Å². The SMILES string of the molecule is FC(F)(F)Oc1cccc(CNCc2c(-c3ccccc3)ccnc2Cl)c1. The molecule has 27 heavy (non-hydrogen) atoms. The number of halogens is 4. The van der Waals surface area contributed by atoms with E-state index in [1.165, 1.54) is 18.2 Å². The summed E-state index contributed by atoms with van der Waals surface area (Å²) in [6.07, 6.45) is -3.06. The van der Waals surface area contributed by atoms with Crippen LogP contribution in [0.5, 0.6) is 5.75 Å². The van der Waals surface area contributed by atoms with Crippen molar-refractivity contribution in [3.8, 4) is 16.9 Å². The van der Waals surface area contributed by atoms with E-state index >= 15 is 0 Å². The maximum Gasteiger partial charge on any atom is 0.573 e. The molecular formula is C20H16ClF3N2O. The Hall–Kier alpha value is -2.57. The molecule has 3 rings (SSSR count). The second-order valence-corrected chi connectivity index (χ2v) is 6.15. The number of hydrogen-bond acceptors (Lipinski definition) is 3. The van der Waals surface area contributed by atoms with Crippen molar-refractivity contribution < 1.29 is 17.9 Å². The Labute approximate surface area is 159 Å². The van der Waals surface area contributed by atoms with E-state index in [1.54, 1.807) is 12.3 Å². The average molecular weight is 393 g/mol. The Morgan fingerprint density at radius 3 is 2.48 bits per heavy atom. The molecule has 1 aromatic heterocycles. The van der Waals surface area contributed by atoms with Crippen molar-refractivity contribution in [1.29, 1.82) is 0 Å². The van der Waals surface area contributed by atoms with E-state index in [-0.39, 0.29) is 5.75 Å². The van der Waals surface area contributed by atoms with Crippen LogP contribution < -0.4 is 10.1 Å². The molecule has 0 atom stereocenters. The molecule has 0 fully saturated rings. The van der Waals surface area contributed by atoms with Crippen LogP contribution in [0.15, 0.2) is 66.9 Å². The second-order valence-electron chi connectivity index (χ2n) is 5.79. The summed E-state index contributed by atoms with van der Waals surface area (Å²) in [6.45, 7) is 0.774. The van der Waals surface area contributed by atoms with Crippen LogP contribution in [0.2, 0.25) is 5.15 Å². The molecule has 0 spiro atoms. The van der Waals surface area contributed by atoms with Crippen LogP contribution in [0.3, 0.4) is 0 Å².